The first kappa shape index (κ1) is 99.8. The third kappa shape index (κ3) is 22.7. The van der Waals surface area contributed by atoms with Crippen LogP contribution in [-0.2, 0) is 14.5 Å². The summed E-state index contributed by atoms with van der Waals surface area (Å²) in [4.78, 5) is 68.4. The Labute approximate surface area is 901 Å². The van der Waals surface area contributed by atoms with Crippen molar-refractivity contribution in [3.63, 3.8) is 0 Å². The Hall–Kier alpha value is -10.8. The number of carboxylic acid groups (broad SMARTS) is 1. The van der Waals surface area contributed by atoms with E-state index < -0.39 is 5.97 Å². The monoisotopic (exact) mass is 2230 g/mol. The number of aromatic hydroxyl groups is 1. The summed E-state index contributed by atoms with van der Waals surface area (Å²) in [6, 6.07) is 82.2. The predicted octanol–water partition coefficient (Wildman–Crippen LogP) is 18.8. The number of nitrogens with one attached hydrogen (secondary N) is 1. The molecule has 15 aromatic heterocycles. The zero-order chi connectivity index (χ0) is 87.6. The molecule has 23 rings (SSSR count). The number of ether oxygens (including phenoxy) is 3. The molecule has 0 spiro atoms. The van der Waals surface area contributed by atoms with Crippen LogP contribution in [0.1, 0.15) is 21.8 Å². The summed E-state index contributed by atoms with van der Waals surface area (Å²) in [5.41, 5.74) is 14.1. The number of para-hydroxylation sites is 2. The molecule has 0 unspecified atom stereocenters. The number of hydrogen-bond acceptors (Lipinski definition) is 18. The van der Waals surface area contributed by atoms with Crippen LogP contribution in [0.3, 0.4) is 0 Å². The van der Waals surface area contributed by atoms with Gasteiger partial charge < -0.3 is 38.7 Å². The predicted molar refractivity (Wildman–Crippen MR) is 523 cm³/mol. The van der Waals surface area contributed by atoms with E-state index in [1.54, 1.807) is 64.5 Å². The SMILES string of the molecule is Br.Brc1ccc2c3ccccc3n(-c3ccccn3)c2c1.C.C.CC(=O)O.COc1ccc(-c2ncc[nH]2)cc1.COc1ccc2c(c1)c1ncccc1n1ccnc21.Clc1ncccc1I.Oc1ccc2c(c1)c1ncccc1n1ccnc21.[2H]OOC=O.[CH2-]F.[Cs+].[Cs+].c1ccc(-n2c3ccccc3c3ccc(Oc4ccc5c(c4)c4ncccc4n4ccnc54)cc32)nc1. The first-order valence-corrected chi connectivity index (χ1v) is 40.5. The molecule has 0 saturated carbocycles. The van der Waals surface area contributed by atoms with Gasteiger partial charge >= 0.3 is 144 Å². The second-order valence-electron chi connectivity index (χ2n) is 27.0. The first-order chi connectivity index (χ1) is 61.8. The molecule has 0 aliphatic heterocycles. The topological polar surface area (TPSA) is 300 Å². The Morgan fingerprint density at radius 1 is 0.454 bits per heavy atom. The minimum atomic E-state index is -0.833. The number of carbonyl (C=O) groups is 2. The molecule has 0 radical (unpaired) electrons. The van der Waals surface area contributed by atoms with Crippen molar-refractivity contribution in [2.45, 2.75) is 21.8 Å². The van der Waals surface area contributed by atoms with Crippen LogP contribution in [0.15, 0.2) is 340 Å². The van der Waals surface area contributed by atoms with E-state index in [1.165, 1.54) is 27.2 Å². The number of aliphatic carboxylic acids is 1. The maximum absolute atomic E-state index is 9.66. The van der Waals surface area contributed by atoms with Gasteiger partial charge in [-0.1, -0.05) is 97.0 Å². The van der Waals surface area contributed by atoms with Crippen molar-refractivity contribution >= 4 is 206 Å². The minimum absolute atomic E-state index is 0. The number of halogens is 5. The maximum atomic E-state index is 9.66. The molecule has 32 heteroatoms. The van der Waals surface area contributed by atoms with Crippen LogP contribution in [0.25, 0.3) is 150 Å². The molecule has 0 amide bonds. The fourth-order valence-corrected chi connectivity index (χ4v) is 15.3. The van der Waals surface area contributed by atoms with E-state index in [1.807, 2.05) is 194 Å². The quantitative estimate of drug-likeness (QED) is 0.0198. The van der Waals surface area contributed by atoms with Gasteiger partial charge in [-0.3, -0.25) is 46.9 Å². The summed E-state index contributed by atoms with van der Waals surface area (Å²) in [5, 5.41) is 31.7. The van der Waals surface area contributed by atoms with Crippen LogP contribution < -0.4 is 152 Å². The zero-order valence-corrected chi connectivity index (χ0v) is 87.7. The number of carbonyl (C=O) groups excluding carboxylic acids is 1. The van der Waals surface area contributed by atoms with Crippen LogP contribution in [0.4, 0.5) is 4.39 Å². The number of nitrogens with zero attached hydrogens (tertiary/aromatic N) is 15. The smallest absolute Gasteiger partial charge is 0.508 e. The summed E-state index contributed by atoms with van der Waals surface area (Å²) in [6.45, 7) is 1.10. The van der Waals surface area contributed by atoms with Gasteiger partial charge in [-0.05, 0) is 211 Å². The number of carboxylic acids is 1. The van der Waals surface area contributed by atoms with Crippen molar-refractivity contribution < 1.29 is 186 Å². The molecule has 23 aromatic rings. The number of aromatic nitrogens is 16. The second-order valence-corrected chi connectivity index (χ2v) is 29.4. The van der Waals surface area contributed by atoms with E-state index in [2.05, 4.69) is 225 Å². The normalized spacial score (nSPS) is 10.4. The molecule has 25 nitrogen and oxygen atoms in total. The molecule has 0 bridgehead atoms. The number of aromatic amines is 1. The van der Waals surface area contributed by atoms with E-state index >= 15 is 0 Å². The van der Waals surface area contributed by atoms with Gasteiger partial charge in [0.05, 0.1) is 73.0 Å². The van der Waals surface area contributed by atoms with Crippen molar-refractivity contribution in [3.05, 3.63) is 356 Å². The van der Waals surface area contributed by atoms with Crippen molar-refractivity contribution in [3.8, 4) is 51.8 Å². The molecule has 0 atom stereocenters. The Morgan fingerprint density at radius 2 is 0.854 bits per heavy atom. The number of benzene rings is 8. The Balaban J connectivity index is 0.000000166. The number of imidazole rings is 4. The number of phenolic OH excluding ortho intramolecular Hbond substituents is 1. The van der Waals surface area contributed by atoms with Gasteiger partial charge in [0.15, 0.2) is 0 Å². The third-order valence-corrected chi connectivity index (χ3v) is 21.6. The Bertz CT molecular complexity index is 7770. The van der Waals surface area contributed by atoms with Crippen LogP contribution in [0.2, 0.25) is 5.15 Å². The van der Waals surface area contributed by atoms with Crippen molar-refractivity contribution in [1.82, 2.24) is 77.2 Å². The molecule has 0 aliphatic rings. The molecular weight excluding hydrogens is 2150 g/mol. The average Bonchev–Trinajstić information content (AvgIpc) is 1.75. The second kappa shape index (κ2) is 48.4. The van der Waals surface area contributed by atoms with Crippen molar-refractivity contribution in [2.75, 3.05) is 14.2 Å². The summed E-state index contributed by atoms with van der Waals surface area (Å²) in [7, 11) is 5.08. The minimum Gasteiger partial charge on any atom is -0.508 e. The maximum Gasteiger partial charge on any atom is 1.00 e. The first-order valence-electron chi connectivity index (χ1n) is 38.6. The van der Waals surface area contributed by atoms with Crippen LogP contribution in [-0.4, -0.2) is 119 Å². The molecule has 642 valence electrons. The molecule has 15 heterocycles. The zero-order valence-electron chi connectivity index (χ0n) is 69.9. The molecular formula is C98H80Br2ClCs2FIN16O9+. The van der Waals surface area contributed by atoms with Gasteiger partial charge in [-0.2, -0.15) is 7.18 Å². The number of H-pyrrole nitrogens is 1. The number of hydrogen-bond donors (Lipinski definition) is 4. The van der Waals surface area contributed by atoms with Gasteiger partial charge in [0.1, 0.15) is 68.3 Å². The molecule has 4 N–H and O–H groups in total. The van der Waals surface area contributed by atoms with Crippen LogP contribution in [0, 0.1) is 10.7 Å². The number of fused-ring (bicyclic) bond motifs is 24. The fraction of sp³-hybridized carbons (Fsp3) is 0.0510. The van der Waals surface area contributed by atoms with Gasteiger partial charge in [0.25, 0.3) is 7.40 Å². The van der Waals surface area contributed by atoms with E-state index in [-0.39, 0.29) is 182 Å². The Morgan fingerprint density at radius 3 is 1.29 bits per heavy atom. The number of methoxy groups -OCH3 is 2. The summed E-state index contributed by atoms with van der Waals surface area (Å²) in [6.07, 6.45) is 25.5. The fourth-order valence-electron chi connectivity index (χ4n) is 14.5. The largest absolute Gasteiger partial charge is 1.00 e. The number of rotatable bonds is 9. The molecule has 0 fully saturated rings. The number of phenols is 1. The van der Waals surface area contributed by atoms with Crippen LogP contribution >= 0.6 is 67.1 Å². The van der Waals surface area contributed by atoms with E-state index in [0.717, 1.165) is 160 Å². The summed E-state index contributed by atoms with van der Waals surface area (Å²) < 4.78 is 44.3. The van der Waals surface area contributed by atoms with Gasteiger partial charge in [0, 0.05) is 164 Å². The van der Waals surface area contributed by atoms with Gasteiger partial charge in [-0.15, -0.1) is 17.0 Å². The third-order valence-electron chi connectivity index (χ3n) is 19.7. The Kier molecular flexibility index (Phi) is 37.1. The van der Waals surface area contributed by atoms with E-state index in [0.29, 0.717) is 5.15 Å². The molecule has 8 aromatic carbocycles. The van der Waals surface area contributed by atoms with Crippen LogP contribution in [0.5, 0.6) is 28.7 Å². The molecule has 0 saturated heterocycles. The molecule has 0 aliphatic carbocycles. The standard InChI is InChI=1S/C31H19N5O.C17H11BrN2.C15H11N3O.C14H9N3O.C10H10N2O.C5H3ClIN.C2H4O2.CH2F.CH2O3.2CH4.BrH.2Cs/c1-2-7-26-22(6-1)23-12-10-21(19-28(23)36(26)29-9-3-4-14-32-29)37-20-11-13-24-25(18-20)30-27(8-5-15-33-30)35-17-16-34-31(24)35;18-12-8-9-14-13-5-1-2-6-15(13)20(16(14)11-12)17-7-3-4-10-19-17;1-19-10-4-5-11-12(9-10)14-13(3-2-6-16-14)18-8-7-17-15(11)18;18-9-3-4-10-11(8-9)13-12(2-1-5-15-13)17-7-6-16-14(10)17;1-13-9-4-2-8(3-5-9)10-11-6-7-12-10;6-5-4(7)2-1-3-8-5;1-2(3)4;1-2;2-1-4-3;;;;;/h1-19H;1-11H;2-9H,1H3;1-8,18H;2-7H,1H3,(H,11,12);1-3H;1H3,(H,3,4);1H2;1,3H;2*1H4;1H;;/q;;;;;;;-1;;;;;2*+1/i/hD. The summed E-state index contributed by atoms with van der Waals surface area (Å²) >= 11 is 11.3. The van der Waals surface area contributed by atoms with Crippen molar-refractivity contribution in [2.24, 2.45) is 0 Å². The number of pyridine rings is 9. The van der Waals surface area contributed by atoms with Gasteiger partial charge in [-0.25, -0.2) is 40.1 Å². The van der Waals surface area contributed by atoms with Gasteiger partial charge in [0.2, 0.25) is 0 Å². The van der Waals surface area contributed by atoms with E-state index in [9.17, 15) is 9.50 Å². The summed E-state index contributed by atoms with van der Waals surface area (Å²) in [5.74, 6) is 5.29. The van der Waals surface area contributed by atoms with Crippen molar-refractivity contribution in [1.29, 1.82) is 1.43 Å². The average molecular weight is 2230 g/mol. The molecule has 130 heavy (non-hydrogen) atoms. The van der Waals surface area contributed by atoms with E-state index in [4.69, 9.17) is 41.9 Å².